The smallest absolute Gasteiger partial charge is 0.227 e. The Bertz CT molecular complexity index is 728. The Morgan fingerprint density at radius 1 is 1.17 bits per heavy atom. The summed E-state index contributed by atoms with van der Waals surface area (Å²) in [5.41, 5.74) is 0.863. The zero-order valence-corrected chi connectivity index (χ0v) is 13.3. The van der Waals surface area contributed by atoms with Gasteiger partial charge in [-0.15, -0.1) is 5.10 Å². The Hall–Kier alpha value is -2.57. The summed E-state index contributed by atoms with van der Waals surface area (Å²) in [6.07, 6.45) is 1.29. The number of halogens is 2. The normalized spacial score (nSPS) is 15.4. The van der Waals surface area contributed by atoms with Crippen molar-refractivity contribution in [3.63, 3.8) is 0 Å². The zero-order chi connectivity index (χ0) is 17.1. The highest BCUT2D eigenvalue weighted by Crippen LogP contribution is 2.23. The van der Waals surface area contributed by atoms with Crippen LogP contribution in [0.4, 0.5) is 20.3 Å². The van der Waals surface area contributed by atoms with Gasteiger partial charge >= 0.3 is 0 Å². The van der Waals surface area contributed by atoms with Gasteiger partial charge in [-0.3, -0.25) is 4.79 Å². The number of benzene rings is 1. The molecule has 1 fully saturated rings. The third-order valence-electron chi connectivity index (χ3n) is 4.16. The number of amides is 1. The van der Waals surface area contributed by atoms with Crippen molar-refractivity contribution >= 4 is 17.4 Å². The second-order valence-electron chi connectivity index (χ2n) is 5.91. The maximum Gasteiger partial charge on any atom is 0.227 e. The molecule has 0 saturated carbocycles. The average Bonchev–Trinajstić information content (AvgIpc) is 2.58. The van der Waals surface area contributed by atoms with Crippen LogP contribution in [0.3, 0.4) is 0 Å². The van der Waals surface area contributed by atoms with Crippen molar-refractivity contribution in [2.45, 2.75) is 19.8 Å². The minimum atomic E-state index is -0.768. The number of hydrogen-bond acceptors (Lipinski definition) is 4. The molecule has 126 valence electrons. The highest BCUT2D eigenvalue weighted by molar-refractivity contribution is 5.92. The first kappa shape index (κ1) is 16.3. The highest BCUT2D eigenvalue weighted by Gasteiger charge is 2.26. The Labute approximate surface area is 138 Å². The summed E-state index contributed by atoms with van der Waals surface area (Å²) in [6, 6.07) is 6.93. The van der Waals surface area contributed by atoms with Crippen LogP contribution in [0.15, 0.2) is 30.3 Å². The summed E-state index contributed by atoms with van der Waals surface area (Å²) < 4.78 is 26.5. The Morgan fingerprint density at radius 2 is 1.92 bits per heavy atom. The molecule has 1 N–H and O–H groups in total. The summed E-state index contributed by atoms with van der Waals surface area (Å²) in [5, 5.41) is 10.7. The third kappa shape index (κ3) is 3.67. The van der Waals surface area contributed by atoms with Crippen LogP contribution in [-0.2, 0) is 4.79 Å². The Balaban J connectivity index is 1.58. The standard InChI is InChI=1S/C17H18F2N4O/c1-11-2-5-16(22-21-11)23-8-6-12(7-9-23)17(24)20-15-4-3-13(18)10-14(15)19/h2-5,10,12H,6-9H2,1H3,(H,20,24). The SMILES string of the molecule is Cc1ccc(N2CCC(C(=O)Nc3ccc(F)cc3F)CC2)nn1. The van der Waals surface area contributed by atoms with Gasteiger partial charge in [0.05, 0.1) is 11.4 Å². The summed E-state index contributed by atoms with van der Waals surface area (Å²) in [7, 11) is 0. The molecule has 7 heteroatoms. The minimum Gasteiger partial charge on any atom is -0.355 e. The van der Waals surface area contributed by atoms with Crippen LogP contribution >= 0.6 is 0 Å². The van der Waals surface area contributed by atoms with E-state index < -0.39 is 11.6 Å². The number of anilines is 2. The van der Waals surface area contributed by atoms with Gasteiger partial charge < -0.3 is 10.2 Å². The van der Waals surface area contributed by atoms with Gasteiger partial charge in [-0.2, -0.15) is 5.10 Å². The average molecular weight is 332 g/mol. The number of nitrogens with zero attached hydrogens (tertiary/aromatic N) is 3. The van der Waals surface area contributed by atoms with E-state index in [2.05, 4.69) is 20.4 Å². The molecule has 1 aromatic carbocycles. The largest absolute Gasteiger partial charge is 0.355 e. The number of carbonyl (C=O) groups excluding carboxylic acids is 1. The van der Waals surface area contributed by atoms with Crippen LogP contribution in [0, 0.1) is 24.5 Å². The van der Waals surface area contributed by atoms with Crippen LogP contribution in [0.1, 0.15) is 18.5 Å². The summed E-state index contributed by atoms with van der Waals surface area (Å²) in [4.78, 5) is 14.4. The summed E-state index contributed by atoms with van der Waals surface area (Å²) in [6.45, 7) is 3.24. The second-order valence-corrected chi connectivity index (χ2v) is 5.91. The van der Waals surface area contributed by atoms with Crippen molar-refractivity contribution in [3.8, 4) is 0 Å². The molecule has 1 aromatic heterocycles. The Kier molecular flexibility index (Phi) is 4.69. The molecule has 2 aromatic rings. The second kappa shape index (κ2) is 6.90. The van der Waals surface area contributed by atoms with Gasteiger partial charge in [-0.1, -0.05) is 0 Å². The van der Waals surface area contributed by atoms with Gasteiger partial charge in [0.25, 0.3) is 0 Å². The lowest BCUT2D eigenvalue weighted by Crippen LogP contribution is -2.38. The van der Waals surface area contributed by atoms with E-state index in [1.807, 2.05) is 19.1 Å². The predicted octanol–water partition coefficient (Wildman–Crippen LogP) is 2.92. The lowest BCUT2D eigenvalue weighted by atomic mass is 9.96. The number of piperidine rings is 1. The fraction of sp³-hybridized carbons (Fsp3) is 0.353. The first-order valence-corrected chi connectivity index (χ1v) is 7.84. The van der Waals surface area contributed by atoms with Crippen LogP contribution in [-0.4, -0.2) is 29.2 Å². The number of carbonyl (C=O) groups is 1. The molecule has 1 aliphatic heterocycles. The number of nitrogens with one attached hydrogen (secondary N) is 1. The van der Waals surface area contributed by atoms with Gasteiger partial charge in [-0.05, 0) is 44.0 Å². The molecule has 1 aliphatic rings. The molecule has 0 aliphatic carbocycles. The van der Waals surface area contributed by atoms with Crippen molar-refractivity contribution in [2.24, 2.45) is 5.92 Å². The number of rotatable bonds is 3. The van der Waals surface area contributed by atoms with E-state index in [-0.39, 0.29) is 17.5 Å². The van der Waals surface area contributed by atoms with Gasteiger partial charge in [0.2, 0.25) is 5.91 Å². The number of aromatic nitrogens is 2. The monoisotopic (exact) mass is 332 g/mol. The van der Waals surface area contributed by atoms with E-state index in [1.54, 1.807) is 0 Å². The van der Waals surface area contributed by atoms with Crippen LogP contribution in [0.25, 0.3) is 0 Å². The fourth-order valence-electron chi connectivity index (χ4n) is 2.76. The third-order valence-corrected chi connectivity index (χ3v) is 4.16. The van der Waals surface area contributed by atoms with Crippen LogP contribution in [0.2, 0.25) is 0 Å². The predicted molar refractivity (Wildman–Crippen MR) is 86.7 cm³/mol. The maximum atomic E-state index is 13.6. The first-order valence-electron chi connectivity index (χ1n) is 7.84. The summed E-state index contributed by atoms with van der Waals surface area (Å²) >= 11 is 0. The van der Waals surface area contributed by atoms with Gasteiger partial charge in [-0.25, -0.2) is 8.78 Å². The van der Waals surface area contributed by atoms with Crippen molar-refractivity contribution < 1.29 is 13.6 Å². The molecular formula is C17H18F2N4O. The lowest BCUT2D eigenvalue weighted by molar-refractivity contribution is -0.120. The molecule has 0 unspecified atom stereocenters. The molecule has 5 nitrogen and oxygen atoms in total. The van der Waals surface area contributed by atoms with Gasteiger partial charge in [0.1, 0.15) is 11.6 Å². The number of aryl methyl sites for hydroxylation is 1. The van der Waals surface area contributed by atoms with Gasteiger partial charge in [0, 0.05) is 25.1 Å². The zero-order valence-electron chi connectivity index (χ0n) is 13.3. The van der Waals surface area contributed by atoms with Crippen molar-refractivity contribution in [2.75, 3.05) is 23.3 Å². The first-order chi connectivity index (χ1) is 11.5. The van der Waals surface area contributed by atoms with Crippen LogP contribution < -0.4 is 10.2 Å². The topological polar surface area (TPSA) is 58.1 Å². The van der Waals surface area contributed by atoms with E-state index in [1.165, 1.54) is 6.07 Å². The molecule has 0 radical (unpaired) electrons. The quantitative estimate of drug-likeness (QED) is 0.939. The van der Waals surface area contributed by atoms with Crippen molar-refractivity contribution in [1.29, 1.82) is 0 Å². The lowest BCUT2D eigenvalue weighted by Gasteiger charge is -2.31. The maximum absolute atomic E-state index is 13.6. The van der Waals surface area contributed by atoms with Gasteiger partial charge in [0.15, 0.2) is 5.82 Å². The molecule has 1 saturated heterocycles. The van der Waals surface area contributed by atoms with E-state index >= 15 is 0 Å². The molecular weight excluding hydrogens is 314 g/mol. The molecule has 0 atom stereocenters. The van der Waals surface area contributed by atoms with Crippen molar-refractivity contribution in [3.05, 3.63) is 47.7 Å². The van der Waals surface area contributed by atoms with E-state index in [4.69, 9.17) is 0 Å². The molecule has 24 heavy (non-hydrogen) atoms. The van der Waals surface area contributed by atoms with E-state index in [0.717, 1.165) is 23.6 Å². The molecule has 3 rings (SSSR count). The van der Waals surface area contributed by atoms with E-state index in [0.29, 0.717) is 25.9 Å². The minimum absolute atomic E-state index is 0.00762. The summed E-state index contributed by atoms with van der Waals surface area (Å²) in [5.74, 6) is -1.09. The van der Waals surface area contributed by atoms with Crippen LogP contribution in [0.5, 0.6) is 0 Å². The highest BCUT2D eigenvalue weighted by atomic mass is 19.1. The molecule has 1 amide bonds. The molecule has 2 heterocycles. The molecule has 0 spiro atoms. The number of hydrogen-bond donors (Lipinski definition) is 1. The Morgan fingerprint density at radius 3 is 2.54 bits per heavy atom. The van der Waals surface area contributed by atoms with E-state index in [9.17, 15) is 13.6 Å². The fourth-order valence-corrected chi connectivity index (χ4v) is 2.76. The van der Waals surface area contributed by atoms with Crippen molar-refractivity contribution in [1.82, 2.24) is 10.2 Å². The molecule has 0 bridgehead atoms.